The third-order valence-electron chi connectivity index (χ3n) is 6.22. The van der Waals surface area contributed by atoms with Gasteiger partial charge in [0, 0.05) is 23.9 Å². The monoisotopic (exact) mass is 522 g/mol. The van der Waals surface area contributed by atoms with Gasteiger partial charge in [0.2, 0.25) is 5.43 Å². The molecule has 1 heterocycles. The zero-order valence-electron chi connectivity index (χ0n) is 22.2. The molecule has 0 aliphatic heterocycles. The van der Waals surface area contributed by atoms with Crippen LogP contribution in [0.2, 0.25) is 0 Å². The van der Waals surface area contributed by atoms with Gasteiger partial charge in [0.1, 0.15) is 17.1 Å². The van der Waals surface area contributed by atoms with Crippen molar-refractivity contribution in [2.24, 2.45) is 0 Å². The van der Waals surface area contributed by atoms with Crippen molar-refractivity contribution in [3.63, 3.8) is 0 Å². The van der Waals surface area contributed by atoms with E-state index in [0.717, 1.165) is 18.5 Å². The van der Waals surface area contributed by atoms with Crippen LogP contribution in [-0.2, 0) is 0 Å². The number of aryl methyl sites for hydroxylation is 1. The molecule has 0 fully saturated rings. The summed E-state index contributed by atoms with van der Waals surface area (Å²) in [5.74, 6) is 1.27. The first-order valence-electron chi connectivity index (χ1n) is 12.8. The van der Waals surface area contributed by atoms with Crippen LogP contribution in [0.5, 0.6) is 17.2 Å². The molecule has 7 nitrogen and oxygen atoms in total. The number of hydrogen-bond donors (Lipinski definition) is 1. The van der Waals surface area contributed by atoms with E-state index in [4.69, 9.17) is 13.9 Å². The molecule has 0 aliphatic carbocycles. The molecule has 5 rings (SSSR count). The summed E-state index contributed by atoms with van der Waals surface area (Å²) in [6.07, 6.45) is 0.848. The van der Waals surface area contributed by atoms with Crippen molar-refractivity contribution in [1.29, 1.82) is 0 Å². The minimum absolute atomic E-state index is 0.126. The van der Waals surface area contributed by atoms with Crippen molar-refractivity contribution < 1.29 is 18.7 Å². The van der Waals surface area contributed by atoms with E-state index in [1.54, 1.807) is 42.5 Å². The van der Waals surface area contributed by atoms with Gasteiger partial charge in [-0.2, -0.15) is 0 Å². The summed E-state index contributed by atoms with van der Waals surface area (Å²) < 4.78 is 18.3. The number of ether oxygens (including phenoxy) is 2. The Morgan fingerprint density at radius 1 is 0.897 bits per heavy atom. The van der Waals surface area contributed by atoms with Gasteiger partial charge in [0.05, 0.1) is 17.4 Å². The van der Waals surface area contributed by atoms with Gasteiger partial charge >= 0.3 is 0 Å². The molecule has 1 N–H and O–H groups in total. The second-order valence-electron chi connectivity index (χ2n) is 9.68. The van der Waals surface area contributed by atoms with Gasteiger partial charge in [-0.1, -0.05) is 24.3 Å². The molecule has 1 aromatic heterocycles. The molecule has 1 amide bonds. The standard InChI is InChI=1S/C32H30N2O5/c1-21-17-27-30(35)26-14-13-25(20-28(26)39-31(27)29(18-21)37-16-8-15-34(2)3)38-24-12-7-9-22(19-24)32(36)33-23-10-5-4-6-11-23/h4-7,9-14,17-20H,8,15-16H2,1-3H3,(H,33,36). The molecule has 0 saturated heterocycles. The van der Waals surface area contributed by atoms with Crippen molar-refractivity contribution in [2.75, 3.05) is 32.6 Å². The van der Waals surface area contributed by atoms with Gasteiger partial charge in [-0.3, -0.25) is 9.59 Å². The number of rotatable bonds is 9. The molecule has 7 heteroatoms. The lowest BCUT2D eigenvalue weighted by atomic mass is 10.1. The molecule has 198 valence electrons. The van der Waals surface area contributed by atoms with E-state index >= 15 is 0 Å². The fraction of sp³-hybridized carbons (Fsp3) is 0.188. The van der Waals surface area contributed by atoms with Gasteiger partial charge < -0.3 is 24.1 Å². The van der Waals surface area contributed by atoms with Gasteiger partial charge in [0.25, 0.3) is 5.91 Å². The van der Waals surface area contributed by atoms with E-state index in [9.17, 15) is 9.59 Å². The average Bonchev–Trinajstić information content (AvgIpc) is 2.92. The summed E-state index contributed by atoms with van der Waals surface area (Å²) in [5, 5.41) is 3.81. The van der Waals surface area contributed by atoms with Gasteiger partial charge in [-0.15, -0.1) is 0 Å². The number of anilines is 1. The van der Waals surface area contributed by atoms with Crippen molar-refractivity contribution in [3.05, 3.63) is 106 Å². The lowest BCUT2D eigenvalue weighted by Gasteiger charge is -2.13. The number of nitrogens with one attached hydrogen (secondary N) is 1. The number of carbonyl (C=O) groups excluding carboxylic acids is 1. The first-order valence-corrected chi connectivity index (χ1v) is 12.8. The maximum Gasteiger partial charge on any atom is 0.255 e. The van der Waals surface area contributed by atoms with Crippen LogP contribution in [0.15, 0.2) is 94.1 Å². The molecule has 0 aliphatic rings. The van der Waals surface area contributed by atoms with Crippen molar-refractivity contribution in [1.82, 2.24) is 4.90 Å². The molecular formula is C32H30N2O5. The van der Waals surface area contributed by atoms with E-state index in [0.29, 0.717) is 57.0 Å². The van der Waals surface area contributed by atoms with E-state index in [2.05, 4.69) is 10.2 Å². The molecule has 39 heavy (non-hydrogen) atoms. The normalized spacial score (nSPS) is 11.2. The second kappa shape index (κ2) is 11.4. The van der Waals surface area contributed by atoms with Crippen molar-refractivity contribution in [3.8, 4) is 17.2 Å². The number of carbonyl (C=O) groups is 1. The second-order valence-corrected chi connectivity index (χ2v) is 9.68. The number of amides is 1. The first kappa shape index (κ1) is 26.0. The van der Waals surface area contributed by atoms with Crippen LogP contribution in [0, 0.1) is 6.92 Å². The van der Waals surface area contributed by atoms with Crippen LogP contribution in [0.1, 0.15) is 22.3 Å². The zero-order valence-corrected chi connectivity index (χ0v) is 22.2. The molecule has 5 aromatic rings. The number of nitrogens with zero attached hydrogens (tertiary/aromatic N) is 1. The summed E-state index contributed by atoms with van der Waals surface area (Å²) in [7, 11) is 4.03. The molecule has 0 saturated carbocycles. The van der Waals surface area contributed by atoms with E-state index < -0.39 is 0 Å². The Balaban J connectivity index is 1.42. The van der Waals surface area contributed by atoms with Crippen LogP contribution in [-0.4, -0.2) is 38.1 Å². The Morgan fingerprint density at radius 3 is 2.49 bits per heavy atom. The third-order valence-corrected chi connectivity index (χ3v) is 6.22. The fourth-order valence-electron chi connectivity index (χ4n) is 4.34. The summed E-state index contributed by atoms with van der Waals surface area (Å²) in [4.78, 5) is 28.1. The fourth-order valence-corrected chi connectivity index (χ4v) is 4.34. The van der Waals surface area contributed by atoms with Crippen molar-refractivity contribution in [2.45, 2.75) is 13.3 Å². The van der Waals surface area contributed by atoms with Crippen LogP contribution >= 0.6 is 0 Å². The highest BCUT2D eigenvalue weighted by atomic mass is 16.5. The average molecular weight is 523 g/mol. The number of benzene rings is 4. The zero-order chi connectivity index (χ0) is 27.4. The summed E-state index contributed by atoms with van der Waals surface area (Å²) >= 11 is 0. The van der Waals surface area contributed by atoms with Crippen molar-refractivity contribution >= 4 is 33.5 Å². The maximum atomic E-state index is 13.3. The Bertz CT molecular complexity index is 1690. The Morgan fingerprint density at radius 2 is 1.69 bits per heavy atom. The minimum atomic E-state index is -0.240. The highest BCUT2D eigenvalue weighted by Crippen LogP contribution is 2.31. The number of fused-ring (bicyclic) bond motifs is 2. The van der Waals surface area contributed by atoms with Crippen LogP contribution in [0.3, 0.4) is 0 Å². The SMILES string of the molecule is Cc1cc(OCCCN(C)C)c2oc3cc(Oc4cccc(C(=O)Nc5ccccc5)c4)ccc3c(=O)c2c1. The molecule has 0 spiro atoms. The summed E-state index contributed by atoms with van der Waals surface area (Å²) in [5.41, 5.74) is 2.78. The molecular weight excluding hydrogens is 492 g/mol. The lowest BCUT2D eigenvalue weighted by Crippen LogP contribution is -2.15. The predicted molar refractivity (Wildman–Crippen MR) is 154 cm³/mol. The topological polar surface area (TPSA) is 81.0 Å². The van der Waals surface area contributed by atoms with Gasteiger partial charge in [-0.25, -0.2) is 0 Å². The summed E-state index contributed by atoms with van der Waals surface area (Å²) in [6, 6.07) is 25.0. The minimum Gasteiger partial charge on any atom is -0.490 e. The highest BCUT2D eigenvalue weighted by Gasteiger charge is 2.15. The lowest BCUT2D eigenvalue weighted by molar-refractivity contribution is 0.102. The largest absolute Gasteiger partial charge is 0.490 e. The summed E-state index contributed by atoms with van der Waals surface area (Å²) in [6.45, 7) is 3.34. The number of para-hydroxylation sites is 1. The first-order chi connectivity index (χ1) is 18.9. The van der Waals surface area contributed by atoms with Crippen LogP contribution < -0.4 is 20.2 Å². The van der Waals surface area contributed by atoms with E-state index in [1.807, 2.05) is 63.5 Å². The number of hydrogen-bond acceptors (Lipinski definition) is 6. The van der Waals surface area contributed by atoms with Gasteiger partial charge in [0.15, 0.2) is 11.3 Å². The smallest absolute Gasteiger partial charge is 0.255 e. The van der Waals surface area contributed by atoms with E-state index in [1.165, 1.54) is 0 Å². The van der Waals surface area contributed by atoms with Crippen LogP contribution in [0.4, 0.5) is 5.69 Å². The third kappa shape index (κ3) is 6.10. The van der Waals surface area contributed by atoms with Gasteiger partial charge in [-0.05, 0) is 87.6 Å². The molecule has 0 radical (unpaired) electrons. The Hall–Kier alpha value is -4.62. The quantitative estimate of drug-likeness (QED) is 0.173. The van der Waals surface area contributed by atoms with Crippen LogP contribution in [0.25, 0.3) is 21.9 Å². The van der Waals surface area contributed by atoms with E-state index in [-0.39, 0.29) is 11.3 Å². The highest BCUT2D eigenvalue weighted by molar-refractivity contribution is 6.04. The maximum absolute atomic E-state index is 13.3. The predicted octanol–water partition coefficient (Wildman–Crippen LogP) is 6.63. The molecule has 0 atom stereocenters. The Labute approximate surface area is 226 Å². The Kier molecular flexibility index (Phi) is 7.61. The molecule has 0 unspecified atom stereocenters. The molecule has 4 aromatic carbocycles. The molecule has 0 bridgehead atoms.